The fourth-order valence-corrected chi connectivity index (χ4v) is 10.4. The summed E-state index contributed by atoms with van der Waals surface area (Å²) in [5.41, 5.74) is 3.96. The molecule has 5 aliphatic carbocycles. The summed E-state index contributed by atoms with van der Waals surface area (Å²) in [6, 6.07) is 0. The Labute approximate surface area is 192 Å². The lowest BCUT2D eigenvalue weighted by Gasteiger charge is -2.73. The SMILES string of the molecule is CC1(C)CC[C@@]2(C)CC[C@@]3(C)[C@@H]4CC=C5[C@@H](CC[C@H](O)C5(C)C)[C@@]4(C)CC[C@@]3(C)[C@@H]2C1. The van der Waals surface area contributed by atoms with Gasteiger partial charge in [-0.05, 0) is 109 Å². The molecule has 0 amide bonds. The molecule has 0 spiro atoms. The molecule has 0 radical (unpaired) electrons. The molecule has 0 aliphatic heterocycles. The first kappa shape index (κ1) is 22.5. The molecule has 5 rings (SSSR count). The molecule has 4 fully saturated rings. The minimum absolute atomic E-state index is 0.0446. The Kier molecular flexibility index (Phi) is 4.66. The summed E-state index contributed by atoms with van der Waals surface area (Å²) in [5, 5.41) is 10.8. The lowest BCUT2D eigenvalue weighted by atomic mass is 9.31. The maximum absolute atomic E-state index is 10.8. The van der Waals surface area contributed by atoms with Gasteiger partial charge in [-0.15, -0.1) is 0 Å². The van der Waals surface area contributed by atoms with Crippen LogP contribution in [0.2, 0.25) is 0 Å². The molecule has 1 N–H and O–H groups in total. The molecule has 0 aromatic carbocycles. The molecular formula is C30H50O. The molecule has 0 saturated heterocycles. The average molecular weight is 427 g/mol. The van der Waals surface area contributed by atoms with E-state index in [-0.39, 0.29) is 11.5 Å². The van der Waals surface area contributed by atoms with Crippen LogP contribution in [0.4, 0.5) is 0 Å². The monoisotopic (exact) mass is 426 g/mol. The molecule has 4 saturated carbocycles. The highest BCUT2D eigenvalue weighted by Gasteiger charge is 2.69. The van der Waals surface area contributed by atoms with Gasteiger partial charge >= 0.3 is 0 Å². The highest BCUT2D eigenvalue weighted by Crippen LogP contribution is 2.77. The Morgan fingerprint density at radius 2 is 1.35 bits per heavy atom. The van der Waals surface area contributed by atoms with Crippen LogP contribution >= 0.6 is 0 Å². The molecule has 0 aromatic heterocycles. The quantitative estimate of drug-likeness (QED) is 0.387. The van der Waals surface area contributed by atoms with Gasteiger partial charge in [0, 0.05) is 5.41 Å². The van der Waals surface area contributed by atoms with Gasteiger partial charge in [0.05, 0.1) is 6.10 Å². The third-order valence-electron chi connectivity index (χ3n) is 13.1. The standard InChI is InChI=1S/C30H50O/c1-25(2)13-14-27(5)15-17-29(7)22-11-9-20-21(10-12-24(31)26(20,3)4)28(22,6)16-18-30(29,8)23(27)19-25/h9,21-24,31H,10-19H2,1-8H3/t21-,22-,23-,24+,27+,28-,29+,30+/m1/s1. The lowest BCUT2D eigenvalue weighted by Crippen LogP contribution is -2.65. The van der Waals surface area contributed by atoms with Gasteiger partial charge in [-0.3, -0.25) is 0 Å². The van der Waals surface area contributed by atoms with E-state index in [2.05, 4.69) is 61.5 Å². The number of allylic oxidation sites excluding steroid dienone is 1. The zero-order valence-corrected chi connectivity index (χ0v) is 21.9. The van der Waals surface area contributed by atoms with Gasteiger partial charge in [0.2, 0.25) is 0 Å². The zero-order valence-electron chi connectivity index (χ0n) is 21.9. The van der Waals surface area contributed by atoms with E-state index in [0.29, 0.717) is 33.0 Å². The molecule has 1 nitrogen and oxygen atoms in total. The minimum atomic E-state index is -0.167. The lowest BCUT2D eigenvalue weighted by molar-refractivity contribution is -0.230. The Bertz CT molecular complexity index is 790. The van der Waals surface area contributed by atoms with Gasteiger partial charge in [0.15, 0.2) is 0 Å². The summed E-state index contributed by atoms with van der Waals surface area (Å²) >= 11 is 0. The van der Waals surface area contributed by atoms with Crippen LogP contribution in [0.25, 0.3) is 0 Å². The first-order chi connectivity index (χ1) is 14.2. The van der Waals surface area contributed by atoms with Crippen LogP contribution < -0.4 is 0 Å². The number of fused-ring (bicyclic) bond motifs is 7. The third kappa shape index (κ3) is 2.77. The molecule has 5 aliphatic rings. The van der Waals surface area contributed by atoms with Gasteiger partial charge in [-0.25, -0.2) is 0 Å². The van der Waals surface area contributed by atoms with Gasteiger partial charge in [-0.2, -0.15) is 0 Å². The fraction of sp³-hybridized carbons (Fsp3) is 0.933. The fourth-order valence-electron chi connectivity index (χ4n) is 10.4. The molecular weight excluding hydrogens is 376 g/mol. The van der Waals surface area contributed by atoms with Crippen molar-refractivity contribution >= 4 is 0 Å². The van der Waals surface area contributed by atoms with Gasteiger partial charge in [0.25, 0.3) is 0 Å². The number of hydrogen-bond acceptors (Lipinski definition) is 1. The third-order valence-corrected chi connectivity index (χ3v) is 13.1. The first-order valence-electron chi connectivity index (χ1n) is 13.6. The minimum Gasteiger partial charge on any atom is -0.392 e. The van der Waals surface area contributed by atoms with Crippen LogP contribution in [0, 0.1) is 50.2 Å². The highest BCUT2D eigenvalue weighted by molar-refractivity contribution is 5.30. The van der Waals surface area contributed by atoms with Crippen molar-refractivity contribution in [2.75, 3.05) is 0 Å². The summed E-state index contributed by atoms with van der Waals surface area (Å²) in [4.78, 5) is 0. The van der Waals surface area contributed by atoms with Gasteiger partial charge in [-0.1, -0.05) is 67.0 Å². The van der Waals surface area contributed by atoms with Gasteiger partial charge < -0.3 is 5.11 Å². The molecule has 176 valence electrons. The van der Waals surface area contributed by atoms with E-state index in [9.17, 15) is 5.11 Å². The van der Waals surface area contributed by atoms with Gasteiger partial charge in [0.1, 0.15) is 0 Å². The van der Waals surface area contributed by atoms with Crippen molar-refractivity contribution in [2.45, 2.75) is 126 Å². The van der Waals surface area contributed by atoms with E-state index in [1.165, 1.54) is 57.8 Å². The maximum Gasteiger partial charge on any atom is 0.0628 e. The van der Waals surface area contributed by atoms with Crippen LogP contribution in [-0.2, 0) is 0 Å². The second-order valence-corrected chi connectivity index (χ2v) is 15.2. The predicted octanol–water partition coefficient (Wildman–Crippen LogP) is 8.17. The maximum atomic E-state index is 10.8. The van der Waals surface area contributed by atoms with E-state index in [1.54, 1.807) is 5.57 Å². The molecule has 1 heteroatoms. The molecule has 31 heavy (non-hydrogen) atoms. The topological polar surface area (TPSA) is 20.2 Å². The first-order valence-corrected chi connectivity index (χ1v) is 13.6. The molecule has 0 aromatic rings. The molecule has 0 bridgehead atoms. The van der Waals surface area contributed by atoms with E-state index >= 15 is 0 Å². The van der Waals surface area contributed by atoms with E-state index in [0.717, 1.165) is 18.3 Å². The predicted molar refractivity (Wildman–Crippen MR) is 131 cm³/mol. The summed E-state index contributed by atoms with van der Waals surface area (Å²) in [6.45, 7) is 20.5. The Balaban J connectivity index is 1.57. The molecule has 0 unspecified atom stereocenters. The number of aliphatic hydroxyl groups excluding tert-OH is 1. The van der Waals surface area contributed by atoms with Crippen molar-refractivity contribution in [1.82, 2.24) is 0 Å². The van der Waals surface area contributed by atoms with E-state index < -0.39 is 0 Å². The second kappa shape index (κ2) is 6.43. The Morgan fingerprint density at radius 3 is 2.06 bits per heavy atom. The van der Waals surface area contributed by atoms with Crippen molar-refractivity contribution in [2.24, 2.45) is 50.2 Å². The van der Waals surface area contributed by atoms with E-state index in [4.69, 9.17) is 0 Å². The smallest absolute Gasteiger partial charge is 0.0628 e. The summed E-state index contributed by atoms with van der Waals surface area (Å²) in [7, 11) is 0. The largest absolute Gasteiger partial charge is 0.392 e. The highest BCUT2D eigenvalue weighted by atomic mass is 16.3. The van der Waals surface area contributed by atoms with Crippen molar-refractivity contribution in [3.05, 3.63) is 11.6 Å². The van der Waals surface area contributed by atoms with Crippen molar-refractivity contribution in [3.63, 3.8) is 0 Å². The Hall–Kier alpha value is -0.300. The van der Waals surface area contributed by atoms with E-state index in [1.807, 2.05) is 0 Å². The molecule has 8 atom stereocenters. The van der Waals surface area contributed by atoms with Crippen molar-refractivity contribution in [3.8, 4) is 0 Å². The average Bonchev–Trinajstić information content (AvgIpc) is 2.68. The summed E-state index contributed by atoms with van der Waals surface area (Å²) in [6.07, 6.45) is 15.9. The van der Waals surface area contributed by atoms with Crippen LogP contribution in [0.5, 0.6) is 0 Å². The number of aliphatic hydroxyl groups is 1. The summed E-state index contributed by atoms with van der Waals surface area (Å²) < 4.78 is 0. The van der Waals surface area contributed by atoms with Crippen LogP contribution in [0.15, 0.2) is 11.6 Å². The van der Waals surface area contributed by atoms with Crippen LogP contribution in [0.1, 0.15) is 120 Å². The van der Waals surface area contributed by atoms with Crippen molar-refractivity contribution in [1.29, 1.82) is 0 Å². The second-order valence-electron chi connectivity index (χ2n) is 15.2. The number of rotatable bonds is 0. The zero-order chi connectivity index (χ0) is 22.7. The van der Waals surface area contributed by atoms with Crippen molar-refractivity contribution < 1.29 is 5.11 Å². The normalized spacial score (nSPS) is 55.2. The van der Waals surface area contributed by atoms with Crippen LogP contribution in [0.3, 0.4) is 0 Å². The van der Waals surface area contributed by atoms with Crippen LogP contribution in [-0.4, -0.2) is 11.2 Å². The molecule has 0 heterocycles. The number of hydrogen-bond donors (Lipinski definition) is 1. The summed E-state index contributed by atoms with van der Waals surface area (Å²) in [5.74, 6) is 2.36. The Morgan fingerprint density at radius 1 is 0.742 bits per heavy atom.